The number of aromatic nitrogens is 2. The molecule has 6 nitrogen and oxygen atoms in total. The van der Waals surface area contributed by atoms with E-state index in [1.54, 1.807) is 18.4 Å². The fourth-order valence-corrected chi connectivity index (χ4v) is 2.59. The number of pyridine rings is 1. The van der Waals surface area contributed by atoms with Crippen LogP contribution in [0.15, 0.2) is 29.5 Å². The number of thiazole rings is 1. The molecule has 2 heterocycles. The van der Waals surface area contributed by atoms with E-state index in [0.717, 1.165) is 22.3 Å². The van der Waals surface area contributed by atoms with E-state index in [1.165, 1.54) is 4.88 Å². The maximum Gasteiger partial charge on any atom is 0.191 e. The maximum atomic E-state index is 4.33. The number of hydrogen-bond donors (Lipinski definition) is 2. The van der Waals surface area contributed by atoms with Crippen LogP contribution in [0, 0.1) is 6.92 Å². The van der Waals surface area contributed by atoms with Gasteiger partial charge in [-0.05, 0) is 24.6 Å². The third-order valence-electron chi connectivity index (χ3n) is 3.03. The first-order valence-corrected chi connectivity index (χ1v) is 7.88. The lowest BCUT2D eigenvalue weighted by Crippen LogP contribution is -2.36. The molecule has 0 unspecified atom stereocenters. The Hall–Kier alpha value is -2.15. The second kappa shape index (κ2) is 7.74. The lowest BCUT2D eigenvalue weighted by atomic mass is 10.2. The molecule has 7 heteroatoms. The molecule has 2 N–H and O–H groups in total. The average molecular weight is 318 g/mol. The van der Waals surface area contributed by atoms with Crippen LogP contribution in [-0.4, -0.2) is 37.1 Å². The normalized spacial score (nSPS) is 11.4. The zero-order chi connectivity index (χ0) is 15.9. The summed E-state index contributed by atoms with van der Waals surface area (Å²) in [5.74, 6) is 1.71. The minimum atomic E-state index is 0.678. The van der Waals surface area contributed by atoms with Gasteiger partial charge >= 0.3 is 0 Å². The Morgan fingerprint density at radius 3 is 2.68 bits per heavy atom. The van der Waals surface area contributed by atoms with Gasteiger partial charge in [-0.3, -0.25) is 4.99 Å². The first-order chi connectivity index (χ1) is 10.6. The lowest BCUT2D eigenvalue weighted by Gasteiger charge is -2.14. The summed E-state index contributed by atoms with van der Waals surface area (Å²) in [6.45, 7) is 3.43. The van der Waals surface area contributed by atoms with Crippen molar-refractivity contribution in [2.75, 3.05) is 26.0 Å². The van der Waals surface area contributed by atoms with Crippen LogP contribution in [0.1, 0.15) is 15.4 Å². The molecule has 2 aromatic heterocycles. The molecule has 0 bridgehead atoms. The topological polar surface area (TPSA) is 65.4 Å². The average Bonchev–Trinajstić information content (AvgIpc) is 2.93. The van der Waals surface area contributed by atoms with Crippen LogP contribution in [0.25, 0.3) is 0 Å². The van der Waals surface area contributed by atoms with Crippen molar-refractivity contribution in [2.45, 2.75) is 20.0 Å². The predicted molar refractivity (Wildman–Crippen MR) is 92.5 cm³/mol. The van der Waals surface area contributed by atoms with Crippen molar-refractivity contribution in [1.82, 2.24) is 20.6 Å². The first-order valence-electron chi connectivity index (χ1n) is 7.06. The van der Waals surface area contributed by atoms with Gasteiger partial charge in [0, 0.05) is 45.0 Å². The summed E-state index contributed by atoms with van der Waals surface area (Å²) < 4.78 is 0. The van der Waals surface area contributed by atoms with E-state index in [-0.39, 0.29) is 0 Å². The molecule has 0 spiro atoms. The second-order valence-electron chi connectivity index (χ2n) is 5.06. The van der Waals surface area contributed by atoms with Crippen LogP contribution >= 0.6 is 11.3 Å². The molecule has 0 atom stereocenters. The summed E-state index contributed by atoms with van der Waals surface area (Å²) >= 11 is 1.69. The van der Waals surface area contributed by atoms with Crippen LogP contribution in [0.5, 0.6) is 0 Å². The van der Waals surface area contributed by atoms with Crippen molar-refractivity contribution in [1.29, 1.82) is 0 Å². The number of nitrogens with zero attached hydrogens (tertiary/aromatic N) is 4. The molecule has 22 heavy (non-hydrogen) atoms. The first kappa shape index (κ1) is 16.2. The zero-order valence-electron chi connectivity index (χ0n) is 13.4. The summed E-state index contributed by atoms with van der Waals surface area (Å²) in [5.41, 5.74) is 1.16. The minimum Gasteiger partial charge on any atom is -0.363 e. The Bertz CT molecular complexity index is 634. The molecule has 0 aliphatic heterocycles. The van der Waals surface area contributed by atoms with Crippen molar-refractivity contribution in [2.24, 2.45) is 4.99 Å². The van der Waals surface area contributed by atoms with Gasteiger partial charge in [-0.2, -0.15) is 0 Å². The standard InChI is InChI=1S/C15H22N6S/c1-11-8-18-14(22-11)10-20-15(16-2)19-9-12-5-6-17-13(7-12)21(3)4/h5-8H,9-10H2,1-4H3,(H2,16,19,20). The molecule has 0 aliphatic carbocycles. The Balaban J connectivity index is 1.87. The quantitative estimate of drug-likeness (QED) is 0.650. The molecular formula is C15H22N6S. The highest BCUT2D eigenvalue weighted by Crippen LogP contribution is 2.11. The van der Waals surface area contributed by atoms with Crippen molar-refractivity contribution >= 4 is 23.1 Å². The maximum absolute atomic E-state index is 4.33. The van der Waals surface area contributed by atoms with Crippen LogP contribution in [0.3, 0.4) is 0 Å². The molecule has 0 aliphatic rings. The molecular weight excluding hydrogens is 296 g/mol. The zero-order valence-corrected chi connectivity index (χ0v) is 14.2. The SMILES string of the molecule is CN=C(NCc1ccnc(N(C)C)c1)NCc1ncc(C)s1. The number of anilines is 1. The van der Waals surface area contributed by atoms with E-state index < -0.39 is 0 Å². The van der Waals surface area contributed by atoms with E-state index in [4.69, 9.17) is 0 Å². The highest BCUT2D eigenvalue weighted by molar-refractivity contribution is 7.11. The Morgan fingerprint density at radius 2 is 2.05 bits per heavy atom. The summed E-state index contributed by atoms with van der Waals surface area (Å²) in [7, 11) is 5.73. The van der Waals surface area contributed by atoms with Crippen LogP contribution in [0.2, 0.25) is 0 Å². The fraction of sp³-hybridized carbons (Fsp3) is 0.400. The van der Waals surface area contributed by atoms with Gasteiger partial charge in [0.05, 0.1) is 6.54 Å². The molecule has 2 aromatic rings. The summed E-state index contributed by atoms with van der Waals surface area (Å²) in [5, 5.41) is 7.62. The molecule has 0 aromatic carbocycles. The van der Waals surface area contributed by atoms with Gasteiger partial charge < -0.3 is 15.5 Å². The molecule has 0 saturated carbocycles. The lowest BCUT2D eigenvalue weighted by molar-refractivity contribution is 0.804. The highest BCUT2D eigenvalue weighted by Gasteiger charge is 2.03. The number of aliphatic imine (C=N–C) groups is 1. The molecule has 0 amide bonds. The molecule has 0 saturated heterocycles. The van der Waals surface area contributed by atoms with Crippen LogP contribution in [0.4, 0.5) is 5.82 Å². The third kappa shape index (κ3) is 4.70. The van der Waals surface area contributed by atoms with Crippen molar-refractivity contribution in [3.63, 3.8) is 0 Å². The van der Waals surface area contributed by atoms with Gasteiger partial charge in [0.25, 0.3) is 0 Å². The Kier molecular flexibility index (Phi) is 5.71. The Labute approximate surface area is 135 Å². The van der Waals surface area contributed by atoms with Gasteiger partial charge in [-0.15, -0.1) is 11.3 Å². The number of nitrogens with one attached hydrogen (secondary N) is 2. The van der Waals surface area contributed by atoms with Gasteiger partial charge in [0.1, 0.15) is 10.8 Å². The van der Waals surface area contributed by atoms with Crippen LogP contribution in [-0.2, 0) is 13.1 Å². The number of guanidine groups is 1. The van der Waals surface area contributed by atoms with Crippen LogP contribution < -0.4 is 15.5 Å². The largest absolute Gasteiger partial charge is 0.363 e. The molecule has 2 rings (SSSR count). The number of rotatable bonds is 5. The van der Waals surface area contributed by atoms with Gasteiger partial charge in [0.2, 0.25) is 0 Å². The Morgan fingerprint density at radius 1 is 1.27 bits per heavy atom. The number of aryl methyl sites for hydroxylation is 1. The highest BCUT2D eigenvalue weighted by atomic mass is 32.1. The van der Waals surface area contributed by atoms with Crippen molar-refractivity contribution in [3.8, 4) is 0 Å². The van der Waals surface area contributed by atoms with Crippen molar-refractivity contribution < 1.29 is 0 Å². The minimum absolute atomic E-state index is 0.678. The summed E-state index contributed by atoms with van der Waals surface area (Å²) in [6.07, 6.45) is 3.71. The van der Waals surface area contributed by atoms with E-state index in [9.17, 15) is 0 Å². The third-order valence-corrected chi connectivity index (χ3v) is 3.94. The summed E-state index contributed by atoms with van der Waals surface area (Å²) in [6, 6.07) is 4.06. The second-order valence-corrected chi connectivity index (χ2v) is 6.38. The van der Waals surface area contributed by atoms with E-state index >= 15 is 0 Å². The number of hydrogen-bond acceptors (Lipinski definition) is 5. The predicted octanol–water partition coefficient (Wildman–Crippen LogP) is 1.78. The molecule has 118 valence electrons. The molecule has 0 fully saturated rings. The van der Waals surface area contributed by atoms with Gasteiger partial charge in [-0.25, -0.2) is 9.97 Å². The van der Waals surface area contributed by atoms with E-state index in [0.29, 0.717) is 13.1 Å². The smallest absolute Gasteiger partial charge is 0.191 e. The fourth-order valence-electron chi connectivity index (χ4n) is 1.86. The molecule has 0 radical (unpaired) electrons. The van der Waals surface area contributed by atoms with E-state index in [2.05, 4.69) is 38.6 Å². The van der Waals surface area contributed by atoms with Crippen molar-refractivity contribution in [3.05, 3.63) is 40.0 Å². The van der Waals surface area contributed by atoms with E-state index in [1.807, 2.05) is 37.5 Å². The van der Waals surface area contributed by atoms with Gasteiger partial charge in [-0.1, -0.05) is 0 Å². The monoisotopic (exact) mass is 318 g/mol. The summed E-state index contributed by atoms with van der Waals surface area (Å²) in [4.78, 5) is 16.1. The van der Waals surface area contributed by atoms with Gasteiger partial charge in [0.15, 0.2) is 5.96 Å².